The molecule has 2 atom stereocenters. The molecule has 0 radical (unpaired) electrons. The molecular weight excluding hydrogens is 400 g/mol. The maximum atomic E-state index is 13.0. The maximum absolute atomic E-state index is 13.0. The van der Waals surface area contributed by atoms with Crippen molar-refractivity contribution in [3.63, 3.8) is 0 Å². The second kappa shape index (κ2) is 8.88. The Morgan fingerprint density at radius 1 is 1.16 bits per heavy atom. The van der Waals surface area contributed by atoms with Gasteiger partial charge in [0.1, 0.15) is 18.2 Å². The summed E-state index contributed by atoms with van der Waals surface area (Å²) < 4.78 is 5.10. The zero-order chi connectivity index (χ0) is 22.8. The minimum atomic E-state index is -0.0363. The van der Waals surface area contributed by atoms with E-state index >= 15 is 0 Å². The fourth-order valence-electron chi connectivity index (χ4n) is 4.56. The summed E-state index contributed by atoms with van der Waals surface area (Å²) in [6.07, 6.45) is 3.00. The van der Waals surface area contributed by atoms with Gasteiger partial charge >= 0.3 is 0 Å². The van der Waals surface area contributed by atoms with Crippen molar-refractivity contribution in [1.29, 1.82) is 5.26 Å². The van der Waals surface area contributed by atoms with E-state index in [1.54, 1.807) is 6.07 Å². The second-order valence-corrected chi connectivity index (χ2v) is 8.75. The lowest BCUT2D eigenvalue weighted by Crippen LogP contribution is -2.59. The molecule has 1 fully saturated rings. The number of nitrogens with zero attached hydrogens (tertiary/aromatic N) is 4. The first-order valence-corrected chi connectivity index (χ1v) is 11.0. The monoisotopic (exact) mass is 428 g/mol. The second-order valence-electron chi connectivity index (χ2n) is 8.75. The molecule has 0 unspecified atom stereocenters. The molecule has 3 aromatic rings. The first kappa shape index (κ1) is 21.6. The quantitative estimate of drug-likeness (QED) is 0.580. The van der Waals surface area contributed by atoms with Crippen LogP contribution < -0.4 is 4.90 Å². The fourth-order valence-corrected chi connectivity index (χ4v) is 4.56. The van der Waals surface area contributed by atoms with Gasteiger partial charge in [0.05, 0.1) is 23.1 Å². The number of carbonyl (C=O) groups excluding carboxylic acids is 1. The molecule has 6 heteroatoms. The smallest absolute Gasteiger partial charge is 0.257 e. The zero-order valence-corrected chi connectivity index (χ0v) is 18.9. The van der Waals surface area contributed by atoms with E-state index in [4.69, 9.17) is 9.40 Å². The van der Waals surface area contributed by atoms with Crippen LogP contribution >= 0.6 is 0 Å². The molecule has 164 valence electrons. The summed E-state index contributed by atoms with van der Waals surface area (Å²) in [4.78, 5) is 22.0. The third-order valence-electron chi connectivity index (χ3n) is 6.01. The number of carbonyl (C=O) groups is 1. The predicted octanol–water partition coefficient (Wildman–Crippen LogP) is 5.08. The van der Waals surface area contributed by atoms with E-state index in [1.165, 1.54) is 12.5 Å². The maximum Gasteiger partial charge on any atom is 0.257 e. The SMILES string of the molecule is CC(C)c1nc(N2C[C@@H](C)N(C(=O)c3ccoc3)[C@@H](C)C2)c(C#N)cc1-c1ccccc1. The van der Waals surface area contributed by atoms with Crippen molar-refractivity contribution in [2.24, 2.45) is 0 Å². The molecule has 3 heterocycles. The van der Waals surface area contributed by atoms with Crippen LogP contribution in [0.3, 0.4) is 0 Å². The molecule has 1 aliphatic rings. The Labute approximate surface area is 189 Å². The minimum Gasteiger partial charge on any atom is -0.472 e. The van der Waals surface area contributed by atoms with Crippen LogP contribution in [0.2, 0.25) is 0 Å². The standard InChI is InChI=1S/C26H28N4O2/c1-17(2)24-23(20-8-6-5-7-9-20)12-22(13-27)25(28-24)29-14-18(3)30(19(4)15-29)26(31)21-10-11-32-16-21/h5-12,16-19H,14-15H2,1-4H3/t18-,19+. The van der Waals surface area contributed by atoms with Crippen molar-refractivity contribution in [2.45, 2.75) is 45.7 Å². The van der Waals surface area contributed by atoms with Crippen molar-refractivity contribution in [1.82, 2.24) is 9.88 Å². The normalized spacial score (nSPS) is 18.6. The van der Waals surface area contributed by atoms with Crippen molar-refractivity contribution in [2.75, 3.05) is 18.0 Å². The van der Waals surface area contributed by atoms with Crippen molar-refractivity contribution >= 4 is 11.7 Å². The Balaban J connectivity index is 1.69. The van der Waals surface area contributed by atoms with Gasteiger partial charge in [0.2, 0.25) is 0 Å². The average Bonchev–Trinajstić information content (AvgIpc) is 3.33. The molecule has 0 N–H and O–H groups in total. The van der Waals surface area contributed by atoms with E-state index in [9.17, 15) is 10.1 Å². The van der Waals surface area contributed by atoms with E-state index in [0.29, 0.717) is 30.0 Å². The fraction of sp³-hybridized carbons (Fsp3) is 0.346. The summed E-state index contributed by atoms with van der Waals surface area (Å²) in [5, 5.41) is 9.96. The summed E-state index contributed by atoms with van der Waals surface area (Å²) in [5.74, 6) is 0.870. The molecule has 4 rings (SSSR count). The van der Waals surface area contributed by atoms with Crippen molar-refractivity contribution in [3.8, 4) is 17.2 Å². The Morgan fingerprint density at radius 3 is 2.41 bits per heavy atom. The number of hydrogen-bond acceptors (Lipinski definition) is 5. The number of benzene rings is 1. The van der Waals surface area contributed by atoms with Gasteiger partial charge in [-0.25, -0.2) is 4.98 Å². The number of pyridine rings is 1. The summed E-state index contributed by atoms with van der Waals surface area (Å²) in [5.41, 5.74) is 4.15. The van der Waals surface area contributed by atoms with Gasteiger partial charge in [0, 0.05) is 30.7 Å². The van der Waals surface area contributed by atoms with E-state index in [0.717, 1.165) is 16.8 Å². The lowest BCUT2D eigenvalue weighted by Gasteiger charge is -2.45. The Hall–Kier alpha value is -3.59. The Kier molecular flexibility index (Phi) is 6.00. The summed E-state index contributed by atoms with van der Waals surface area (Å²) in [6, 6.07) is 16.0. The van der Waals surface area contributed by atoms with Gasteiger partial charge in [-0.1, -0.05) is 44.2 Å². The molecule has 1 aromatic carbocycles. The van der Waals surface area contributed by atoms with Gasteiger partial charge < -0.3 is 14.2 Å². The number of piperazine rings is 1. The average molecular weight is 429 g/mol. The summed E-state index contributed by atoms with van der Waals surface area (Å²) in [7, 11) is 0. The molecular formula is C26H28N4O2. The lowest BCUT2D eigenvalue weighted by atomic mass is 9.95. The van der Waals surface area contributed by atoms with E-state index in [2.05, 4.69) is 24.8 Å². The summed E-state index contributed by atoms with van der Waals surface area (Å²) >= 11 is 0. The number of furan rings is 1. The molecule has 1 amide bonds. The van der Waals surface area contributed by atoms with Crippen LogP contribution in [-0.2, 0) is 0 Å². The molecule has 32 heavy (non-hydrogen) atoms. The topological polar surface area (TPSA) is 73.4 Å². The third kappa shape index (κ3) is 3.99. The van der Waals surface area contributed by atoms with Gasteiger partial charge in [-0.2, -0.15) is 5.26 Å². The molecule has 0 aliphatic carbocycles. The largest absolute Gasteiger partial charge is 0.472 e. The molecule has 1 saturated heterocycles. The van der Waals surface area contributed by atoms with Crippen LogP contribution in [0.1, 0.15) is 55.2 Å². The molecule has 2 aromatic heterocycles. The van der Waals surface area contributed by atoms with Gasteiger partial charge in [-0.3, -0.25) is 4.79 Å². The highest BCUT2D eigenvalue weighted by molar-refractivity contribution is 5.94. The highest BCUT2D eigenvalue weighted by atomic mass is 16.3. The first-order chi connectivity index (χ1) is 15.4. The van der Waals surface area contributed by atoms with Crippen LogP contribution in [0.5, 0.6) is 0 Å². The number of nitriles is 1. The van der Waals surface area contributed by atoms with E-state index in [1.807, 2.05) is 55.1 Å². The number of aromatic nitrogens is 1. The first-order valence-electron chi connectivity index (χ1n) is 11.0. The Bertz CT molecular complexity index is 1120. The van der Waals surface area contributed by atoms with Crippen molar-refractivity contribution < 1.29 is 9.21 Å². The zero-order valence-electron chi connectivity index (χ0n) is 18.9. The molecule has 0 bridgehead atoms. The number of amides is 1. The number of rotatable bonds is 4. The Morgan fingerprint density at radius 2 is 1.84 bits per heavy atom. The van der Waals surface area contributed by atoms with E-state index < -0.39 is 0 Å². The van der Waals surface area contributed by atoms with Crippen molar-refractivity contribution in [3.05, 3.63) is 71.8 Å². The van der Waals surface area contributed by atoms with Crippen LogP contribution in [0.15, 0.2) is 59.4 Å². The highest BCUT2D eigenvalue weighted by Gasteiger charge is 2.35. The van der Waals surface area contributed by atoms with Crippen LogP contribution in [0.25, 0.3) is 11.1 Å². The van der Waals surface area contributed by atoms with Gasteiger partial charge in [0.15, 0.2) is 0 Å². The predicted molar refractivity (Wildman–Crippen MR) is 124 cm³/mol. The van der Waals surface area contributed by atoms with Gasteiger partial charge in [0.25, 0.3) is 5.91 Å². The lowest BCUT2D eigenvalue weighted by molar-refractivity contribution is 0.0573. The highest BCUT2D eigenvalue weighted by Crippen LogP contribution is 2.34. The minimum absolute atomic E-state index is 0.0332. The van der Waals surface area contributed by atoms with Crippen LogP contribution in [-0.4, -0.2) is 41.0 Å². The van der Waals surface area contributed by atoms with Gasteiger partial charge in [-0.15, -0.1) is 0 Å². The number of hydrogen-bond donors (Lipinski definition) is 0. The third-order valence-corrected chi connectivity index (χ3v) is 6.01. The molecule has 1 aliphatic heterocycles. The van der Waals surface area contributed by atoms with Crippen LogP contribution in [0.4, 0.5) is 5.82 Å². The van der Waals surface area contributed by atoms with E-state index in [-0.39, 0.29) is 23.9 Å². The van der Waals surface area contributed by atoms with Crippen LogP contribution in [0, 0.1) is 11.3 Å². The summed E-state index contributed by atoms with van der Waals surface area (Å²) in [6.45, 7) is 9.53. The van der Waals surface area contributed by atoms with Gasteiger partial charge in [-0.05, 0) is 37.5 Å². The number of anilines is 1. The molecule has 0 spiro atoms. The molecule has 6 nitrogen and oxygen atoms in total. The molecule has 0 saturated carbocycles.